The summed E-state index contributed by atoms with van der Waals surface area (Å²) in [6.45, 7) is 3.84. The van der Waals surface area contributed by atoms with Gasteiger partial charge in [0.05, 0.1) is 12.8 Å². The molecular weight excluding hydrogens is 394 g/mol. The number of carbonyl (C=O) groups excluding carboxylic acids is 1. The van der Waals surface area contributed by atoms with Gasteiger partial charge in [-0.3, -0.25) is 4.79 Å². The number of hydrogen-bond donors (Lipinski definition) is 3. The highest BCUT2D eigenvalue weighted by molar-refractivity contribution is 5.96. The number of anilines is 4. The molecule has 0 unspecified atom stereocenters. The number of aryl methyl sites for hydroxylation is 1. The molecule has 0 saturated carbocycles. The lowest BCUT2D eigenvalue weighted by molar-refractivity contribution is 0.0995. The Balaban J connectivity index is 1.67. The first-order valence-corrected chi connectivity index (χ1v) is 9.96. The van der Waals surface area contributed by atoms with Gasteiger partial charge in [-0.15, -0.1) is 10.2 Å². The zero-order chi connectivity index (χ0) is 22.0. The Hall–Kier alpha value is -3.72. The molecule has 9 nitrogen and oxygen atoms in total. The molecule has 9 heteroatoms. The number of aromatic nitrogens is 3. The van der Waals surface area contributed by atoms with E-state index in [1.807, 2.05) is 43.3 Å². The van der Waals surface area contributed by atoms with E-state index in [0.29, 0.717) is 5.75 Å². The first kappa shape index (κ1) is 20.5. The molecule has 0 aliphatic carbocycles. The second-order valence-corrected chi connectivity index (χ2v) is 7.63. The van der Waals surface area contributed by atoms with Crippen molar-refractivity contribution in [2.24, 2.45) is 5.73 Å². The van der Waals surface area contributed by atoms with Gasteiger partial charge in [0.15, 0.2) is 11.5 Å². The van der Waals surface area contributed by atoms with Gasteiger partial charge in [0, 0.05) is 18.8 Å². The lowest BCUT2D eigenvalue weighted by atomic mass is 9.99. The van der Waals surface area contributed by atoms with Crippen LogP contribution in [0.15, 0.2) is 36.4 Å². The second kappa shape index (κ2) is 8.57. The average molecular weight is 419 g/mol. The Kier molecular flexibility index (Phi) is 5.68. The van der Waals surface area contributed by atoms with Gasteiger partial charge in [0.2, 0.25) is 5.95 Å². The molecule has 0 bridgehead atoms. The van der Waals surface area contributed by atoms with E-state index in [1.54, 1.807) is 7.11 Å². The third-order valence-electron chi connectivity index (χ3n) is 5.17. The predicted octanol–water partition coefficient (Wildman–Crippen LogP) is 2.76. The highest BCUT2D eigenvalue weighted by Crippen LogP contribution is 2.33. The van der Waals surface area contributed by atoms with Crippen molar-refractivity contribution >= 4 is 29.0 Å². The number of nitrogens with two attached hydrogens (primary N) is 1. The lowest BCUT2D eigenvalue weighted by Gasteiger charge is -2.26. The van der Waals surface area contributed by atoms with E-state index in [-0.39, 0.29) is 17.5 Å². The number of carbonyl (C=O) groups is 1. The monoisotopic (exact) mass is 419 g/mol. The summed E-state index contributed by atoms with van der Waals surface area (Å²) in [5, 5.41) is 14.3. The Morgan fingerprint density at radius 3 is 2.74 bits per heavy atom. The molecule has 1 aliphatic heterocycles. The van der Waals surface area contributed by atoms with Crippen molar-refractivity contribution in [1.29, 1.82) is 0 Å². The molecule has 4 N–H and O–H groups in total. The molecule has 0 saturated heterocycles. The van der Waals surface area contributed by atoms with Crippen molar-refractivity contribution < 1.29 is 9.53 Å². The van der Waals surface area contributed by atoms with E-state index in [4.69, 9.17) is 10.5 Å². The minimum Gasteiger partial charge on any atom is -0.495 e. The number of methoxy groups -OCH3 is 1. The molecular formula is C22H25N7O2. The van der Waals surface area contributed by atoms with E-state index in [2.05, 4.69) is 37.8 Å². The third-order valence-corrected chi connectivity index (χ3v) is 5.17. The molecule has 160 valence electrons. The summed E-state index contributed by atoms with van der Waals surface area (Å²) in [6, 6.07) is 11.8. The van der Waals surface area contributed by atoms with Crippen LogP contribution in [0.1, 0.15) is 27.2 Å². The van der Waals surface area contributed by atoms with Gasteiger partial charge in [-0.2, -0.15) is 4.98 Å². The van der Waals surface area contributed by atoms with Crippen molar-refractivity contribution in [3.8, 4) is 5.75 Å². The first-order valence-electron chi connectivity index (χ1n) is 9.96. The number of ether oxygens (including phenoxy) is 1. The lowest BCUT2D eigenvalue weighted by Crippen LogP contribution is -2.26. The van der Waals surface area contributed by atoms with Gasteiger partial charge in [-0.25, -0.2) is 0 Å². The quantitative estimate of drug-likeness (QED) is 0.558. The van der Waals surface area contributed by atoms with Crippen molar-refractivity contribution in [2.45, 2.75) is 19.9 Å². The van der Waals surface area contributed by atoms with Crippen LogP contribution in [0, 0.1) is 6.92 Å². The minimum absolute atomic E-state index is 0.0360. The molecule has 0 spiro atoms. The first-order chi connectivity index (χ1) is 14.9. The Morgan fingerprint density at radius 2 is 2.00 bits per heavy atom. The summed E-state index contributed by atoms with van der Waals surface area (Å²) in [5.74, 6) is 0.435. The third kappa shape index (κ3) is 4.56. The molecule has 4 rings (SSSR count). The number of primary amides is 1. The summed E-state index contributed by atoms with van der Waals surface area (Å²) in [6.07, 6.45) is 0.971. The largest absolute Gasteiger partial charge is 0.495 e. The van der Waals surface area contributed by atoms with Gasteiger partial charge in [-0.05, 0) is 61.3 Å². The number of likely N-dealkylation sites (N-methyl/N-ethyl adjacent to an activating group) is 1. The second-order valence-electron chi connectivity index (χ2n) is 7.63. The van der Waals surface area contributed by atoms with Crippen LogP contribution < -0.4 is 21.1 Å². The topological polar surface area (TPSA) is 118 Å². The molecule has 0 fully saturated rings. The van der Waals surface area contributed by atoms with E-state index < -0.39 is 5.91 Å². The van der Waals surface area contributed by atoms with Crippen LogP contribution in [0.25, 0.3) is 0 Å². The fourth-order valence-electron chi connectivity index (χ4n) is 3.61. The van der Waals surface area contributed by atoms with Crippen LogP contribution in [0.4, 0.5) is 23.1 Å². The fraction of sp³-hybridized carbons (Fsp3) is 0.273. The van der Waals surface area contributed by atoms with Crippen LogP contribution in [0.2, 0.25) is 0 Å². The summed E-state index contributed by atoms with van der Waals surface area (Å²) in [5.41, 5.74) is 10.5. The zero-order valence-corrected chi connectivity index (χ0v) is 17.8. The Morgan fingerprint density at radius 1 is 1.16 bits per heavy atom. The summed E-state index contributed by atoms with van der Waals surface area (Å²) < 4.78 is 5.57. The number of nitrogens with one attached hydrogen (secondary N) is 2. The molecule has 1 aromatic heterocycles. The summed E-state index contributed by atoms with van der Waals surface area (Å²) >= 11 is 0. The summed E-state index contributed by atoms with van der Waals surface area (Å²) in [4.78, 5) is 18.6. The molecule has 1 amide bonds. The smallest absolute Gasteiger partial charge is 0.273 e. The molecule has 31 heavy (non-hydrogen) atoms. The van der Waals surface area contributed by atoms with Crippen molar-refractivity contribution in [3.05, 3.63) is 58.8 Å². The van der Waals surface area contributed by atoms with Crippen molar-refractivity contribution in [1.82, 2.24) is 20.1 Å². The number of fused-ring (bicyclic) bond motifs is 1. The number of rotatable bonds is 6. The molecule has 2 aromatic carbocycles. The SMILES string of the molecule is COc1cc2c(cc1Nc1nnc(C(N)=O)c(Nc3cccc(C)c3)n1)CN(C)CC2. The van der Waals surface area contributed by atoms with E-state index in [9.17, 15) is 4.79 Å². The predicted molar refractivity (Wildman–Crippen MR) is 119 cm³/mol. The highest BCUT2D eigenvalue weighted by Gasteiger charge is 2.19. The molecule has 0 atom stereocenters. The molecule has 3 aromatic rings. The van der Waals surface area contributed by atoms with Crippen LogP contribution in [0.3, 0.4) is 0 Å². The zero-order valence-electron chi connectivity index (χ0n) is 17.8. The average Bonchev–Trinajstić information content (AvgIpc) is 2.73. The number of benzene rings is 2. The van der Waals surface area contributed by atoms with Crippen LogP contribution in [-0.4, -0.2) is 46.7 Å². The maximum Gasteiger partial charge on any atom is 0.273 e. The normalized spacial score (nSPS) is 13.4. The van der Waals surface area contributed by atoms with Crippen LogP contribution in [0.5, 0.6) is 5.75 Å². The fourth-order valence-corrected chi connectivity index (χ4v) is 3.61. The Labute approximate surface area is 180 Å². The van der Waals surface area contributed by atoms with Gasteiger partial charge in [0.25, 0.3) is 5.91 Å². The van der Waals surface area contributed by atoms with E-state index >= 15 is 0 Å². The van der Waals surface area contributed by atoms with Crippen LogP contribution >= 0.6 is 0 Å². The molecule has 2 heterocycles. The maximum absolute atomic E-state index is 11.8. The van der Waals surface area contributed by atoms with E-state index in [0.717, 1.165) is 36.4 Å². The highest BCUT2D eigenvalue weighted by atomic mass is 16.5. The van der Waals surface area contributed by atoms with Gasteiger partial charge in [0.1, 0.15) is 5.75 Å². The van der Waals surface area contributed by atoms with E-state index in [1.165, 1.54) is 11.1 Å². The molecule has 0 radical (unpaired) electrons. The van der Waals surface area contributed by atoms with Crippen LogP contribution in [-0.2, 0) is 13.0 Å². The number of nitrogens with zero attached hydrogens (tertiary/aromatic N) is 4. The van der Waals surface area contributed by atoms with Gasteiger partial charge >= 0.3 is 0 Å². The molecule has 1 aliphatic rings. The van der Waals surface area contributed by atoms with Crippen molar-refractivity contribution in [3.63, 3.8) is 0 Å². The van der Waals surface area contributed by atoms with Gasteiger partial charge < -0.3 is 26.0 Å². The minimum atomic E-state index is -0.712. The Bertz CT molecular complexity index is 1130. The van der Waals surface area contributed by atoms with Gasteiger partial charge in [-0.1, -0.05) is 12.1 Å². The number of hydrogen-bond acceptors (Lipinski definition) is 8. The standard InChI is InChI=1S/C22H25N7O2/c1-13-5-4-6-16(9-13)24-21-19(20(23)30)27-28-22(26-21)25-17-10-15-12-29(2)8-7-14(15)11-18(17)31-3/h4-6,9-11H,7-8,12H2,1-3H3,(H2,23,30)(H2,24,25,26,28). The maximum atomic E-state index is 11.8. The number of amides is 1. The van der Waals surface area contributed by atoms with Crippen molar-refractivity contribution in [2.75, 3.05) is 31.3 Å². The summed E-state index contributed by atoms with van der Waals surface area (Å²) in [7, 11) is 3.72.